The van der Waals surface area contributed by atoms with Gasteiger partial charge in [-0.05, 0) is 30.9 Å². The van der Waals surface area contributed by atoms with Crippen LogP contribution in [0, 0.1) is 5.92 Å². The highest BCUT2D eigenvalue weighted by Gasteiger charge is 2.31. The van der Waals surface area contributed by atoms with Crippen molar-refractivity contribution in [3.05, 3.63) is 23.8 Å². The Morgan fingerprint density at radius 1 is 1.19 bits per heavy atom. The van der Waals surface area contributed by atoms with E-state index in [1.54, 1.807) is 23.1 Å². The van der Waals surface area contributed by atoms with Crippen LogP contribution in [-0.2, 0) is 4.79 Å². The van der Waals surface area contributed by atoms with Gasteiger partial charge in [-0.3, -0.25) is 9.59 Å². The predicted octanol–water partition coefficient (Wildman–Crippen LogP) is 1.83. The van der Waals surface area contributed by atoms with E-state index < -0.39 is 6.04 Å². The molecule has 2 unspecified atom stereocenters. The molecule has 0 aromatic heterocycles. The third-order valence-corrected chi connectivity index (χ3v) is 4.60. The summed E-state index contributed by atoms with van der Waals surface area (Å²) in [5, 5.41) is 2.87. The van der Waals surface area contributed by atoms with Crippen molar-refractivity contribution < 1.29 is 19.1 Å². The molecule has 2 rings (SSSR count). The predicted molar refractivity (Wildman–Crippen MR) is 107 cm³/mol. The summed E-state index contributed by atoms with van der Waals surface area (Å²) in [6.45, 7) is 5.04. The van der Waals surface area contributed by atoms with Crippen molar-refractivity contribution in [2.75, 3.05) is 27.3 Å². The Kier molecular flexibility index (Phi) is 8.85. The molecule has 0 radical (unpaired) electrons. The van der Waals surface area contributed by atoms with Crippen molar-refractivity contribution in [3.63, 3.8) is 0 Å². The minimum atomic E-state index is -0.606. The van der Waals surface area contributed by atoms with Gasteiger partial charge in [0.05, 0.1) is 14.2 Å². The van der Waals surface area contributed by atoms with Gasteiger partial charge in [-0.2, -0.15) is 0 Å². The number of rotatable bonds is 6. The summed E-state index contributed by atoms with van der Waals surface area (Å²) in [6.07, 6.45) is 1.81. The second kappa shape index (κ2) is 10.4. The number of benzene rings is 1. The molecule has 8 heteroatoms. The van der Waals surface area contributed by atoms with Crippen LogP contribution in [0.3, 0.4) is 0 Å². The lowest BCUT2D eigenvalue weighted by Gasteiger charge is -2.34. The molecule has 2 atom stereocenters. The molecule has 7 nitrogen and oxygen atoms in total. The second-order valence-corrected chi connectivity index (χ2v) is 6.98. The fourth-order valence-corrected chi connectivity index (χ4v) is 3.08. The Labute approximate surface area is 167 Å². The van der Waals surface area contributed by atoms with E-state index in [4.69, 9.17) is 15.2 Å². The number of nitrogens with zero attached hydrogens (tertiary/aromatic N) is 1. The highest BCUT2D eigenvalue weighted by molar-refractivity contribution is 5.98. The van der Waals surface area contributed by atoms with Gasteiger partial charge in [-0.1, -0.05) is 13.8 Å². The minimum Gasteiger partial charge on any atom is -0.497 e. The Hall–Kier alpha value is -1.99. The molecule has 1 aliphatic heterocycles. The summed E-state index contributed by atoms with van der Waals surface area (Å²) in [6, 6.07) is 4.33. The maximum atomic E-state index is 12.9. The van der Waals surface area contributed by atoms with E-state index >= 15 is 0 Å². The number of hydrogen-bond acceptors (Lipinski definition) is 5. The number of methoxy groups -OCH3 is 2. The summed E-state index contributed by atoms with van der Waals surface area (Å²) in [5.41, 5.74) is 6.37. The third kappa shape index (κ3) is 6.01. The summed E-state index contributed by atoms with van der Waals surface area (Å²) >= 11 is 0. The first kappa shape index (κ1) is 23.0. The molecule has 0 saturated carbocycles. The van der Waals surface area contributed by atoms with E-state index in [0.717, 1.165) is 12.8 Å². The minimum absolute atomic E-state index is 0. The maximum Gasteiger partial charge on any atom is 0.252 e. The molecule has 1 saturated heterocycles. The molecule has 0 bridgehead atoms. The Morgan fingerprint density at radius 2 is 1.78 bits per heavy atom. The van der Waals surface area contributed by atoms with Crippen molar-refractivity contribution >= 4 is 24.2 Å². The third-order valence-electron chi connectivity index (χ3n) is 4.60. The van der Waals surface area contributed by atoms with Crippen LogP contribution >= 0.6 is 12.4 Å². The van der Waals surface area contributed by atoms with Crippen LogP contribution in [-0.4, -0.2) is 56.1 Å². The number of halogens is 1. The zero-order valence-corrected chi connectivity index (χ0v) is 17.2. The Morgan fingerprint density at radius 3 is 2.26 bits per heavy atom. The van der Waals surface area contributed by atoms with Gasteiger partial charge in [0, 0.05) is 30.8 Å². The van der Waals surface area contributed by atoms with Gasteiger partial charge in [-0.15, -0.1) is 12.4 Å². The number of carbonyl (C=O) groups excluding carboxylic acids is 2. The normalized spacial score (nSPS) is 17.7. The molecule has 1 fully saturated rings. The van der Waals surface area contributed by atoms with Gasteiger partial charge in [0.25, 0.3) is 5.91 Å². The molecule has 27 heavy (non-hydrogen) atoms. The lowest BCUT2D eigenvalue weighted by molar-refractivity contribution is -0.135. The first-order valence-electron chi connectivity index (χ1n) is 8.94. The van der Waals surface area contributed by atoms with E-state index in [1.165, 1.54) is 14.2 Å². The van der Waals surface area contributed by atoms with Crippen LogP contribution < -0.4 is 20.5 Å². The lowest BCUT2D eigenvalue weighted by Crippen LogP contribution is -2.55. The summed E-state index contributed by atoms with van der Waals surface area (Å²) in [5.74, 6) is 0.568. The molecule has 152 valence electrons. The lowest BCUT2D eigenvalue weighted by atomic mass is 9.99. The van der Waals surface area contributed by atoms with E-state index in [9.17, 15) is 9.59 Å². The van der Waals surface area contributed by atoms with Gasteiger partial charge >= 0.3 is 0 Å². The quantitative estimate of drug-likeness (QED) is 0.761. The fraction of sp³-hybridized carbons (Fsp3) is 0.579. The molecule has 3 N–H and O–H groups in total. The molecular formula is C19H30ClN3O4. The second-order valence-electron chi connectivity index (χ2n) is 6.98. The smallest absolute Gasteiger partial charge is 0.252 e. The molecular weight excluding hydrogens is 370 g/mol. The van der Waals surface area contributed by atoms with Crippen molar-refractivity contribution in [2.24, 2.45) is 11.7 Å². The molecule has 1 aromatic rings. The van der Waals surface area contributed by atoms with Gasteiger partial charge in [0.2, 0.25) is 5.91 Å². The highest BCUT2D eigenvalue weighted by Crippen LogP contribution is 2.23. The largest absolute Gasteiger partial charge is 0.497 e. The van der Waals surface area contributed by atoms with Crippen LogP contribution in [0.5, 0.6) is 11.5 Å². The van der Waals surface area contributed by atoms with Gasteiger partial charge in [0.1, 0.15) is 17.5 Å². The molecule has 1 aromatic carbocycles. The monoisotopic (exact) mass is 399 g/mol. The number of ether oxygens (including phenoxy) is 2. The van der Waals surface area contributed by atoms with Crippen LogP contribution in [0.4, 0.5) is 0 Å². The number of likely N-dealkylation sites (tertiary alicyclic amines) is 1. The van der Waals surface area contributed by atoms with E-state index in [-0.39, 0.29) is 36.2 Å². The molecule has 0 aliphatic carbocycles. The summed E-state index contributed by atoms with van der Waals surface area (Å²) in [4.78, 5) is 27.4. The Bertz CT molecular complexity index is 632. The number of hydrogen-bond donors (Lipinski definition) is 2. The van der Waals surface area contributed by atoms with E-state index in [2.05, 4.69) is 5.32 Å². The summed E-state index contributed by atoms with van der Waals surface area (Å²) in [7, 11) is 3.05. The highest BCUT2D eigenvalue weighted by atomic mass is 35.5. The number of nitrogens with one attached hydrogen (secondary N) is 1. The van der Waals surface area contributed by atoms with Crippen LogP contribution in [0.1, 0.15) is 37.0 Å². The zero-order valence-electron chi connectivity index (χ0n) is 16.4. The maximum absolute atomic E-state index is 12.9. The van der Waals surface area contributed by atoms with Crippen LogP contribution in [0.2, 0.25) is 0 Å². The average Bonchev–Trinajstić information content (AvgIpc) is 2.64. The zero-order chi connectivity index (χ0) is 19.3. The van der Waals surface area contributed by atoms with Crippen molar-refractivity contribution in [1.82, 2.24) is 10.2 Å². The van der Waals surface area contributed by atoms with Crippen LogP contribution in [0.25, 0.3) is 0 Å². The molecule has 1 heterocycles. The SMILES string of the molecule is COc1cc(OC)cc(C(=O)NC(C(=O)N2CCCC(N)C2)C(C)C)c1.Cl. The molecule has 2 amide bonds. The topological polar surface area (TPSA) is 93.9 Å². The van der Waals surface area contributed by atoms with E-state index in [1.807, 2.05) is 13.8 Å². The van der Waals surface area contributed by atoms with E-state index in [0.29, 0.717) is 30.2 Å². The van der Waals surface area contributed by atoms with Crippen molar-refractivity contribution in [2.45, 2.75) is 38.8 Å². The first-order chi connectivity index (χ1) is 12.3. The van der Waals surface area contributed by atoms with Crippen molar-refractivity contribution in [1.29, 1.82) is 0 Å². The summed E-state index contributed by atoms with van der Waals surface area (Å²) < 4.78 is 10.4. The number of piperidine rings is 1. The van der Waals surface area contributed by atoms with Gasteiger partial charge < -0.3 is 25.4 Å². The van der Waals surface area contributed by atoms with Crippen molar-refractivity contribution in [3.8, 4) is 11.5 Å². The molecule has 0 spiro atoms. The van der Waals surface area contributed by atoms with Gasteiger partial charge in [-0.25, -0.2) is 0 Å². The first-order valence-corrected chi connectivity index (χ1v) is 8.94. The number of nitrogens with two attached hydrogens (primary N) is 1. The standard InChI is InChI=1S/C19H29N3O4.ClH/c1-12(2)17(19(24)22-7-5-6-14(20)11-22)21-18(23)13-8-15(25-3)10-16(9-13)26-4;/h8-10,12,14,17H,5-7,11,20H2,1-4H3,(H,21,23);1H. The number of carbonyl (C=O) groups is 2. The Balaban J connectivity index is 0.00000364. The fourth-order valence-electron chi connectivity index (χ4n) is 3.08. The average molecular weight is 400 g/mol. The molecule has 1 aliphatic rings. The van der Waals surface area contributed by atoms with Crippen LogP contribution in [0.15, 0.2) is 18.2 Å². The van der Waals surface area contributed by atoms with Gasteiger partial charge in [0.15, 0.2) is 0 Å². The number of amides is 2.